The molecular formula is C21H23BrN4. The lowest BCUT2D eigenvalue weighted by molar-refractivity contribution is 0.493. The average Bonchev–Trinajstić information content (AvgIpc) is 3.38. The SMILES string of the molecule is CCC(Cc1ccccc1)c1nc(-c2cncc(Br)c2)nn1CC1CC1. The van der Waals surface area contributed by atoms with Gasteiger partial charge in [-0.1, -0.05) is 37.3 Å². The van der Waals surface area contributed by atoms with Gasteiger partial charge in [0.15, 0.2) is 5.82 Å². The first-order valence-corrected chi connectivity index (χ1v) is 10.1. The normalized spacial score (nSPS) is 15.2. The van der Waals surface area contributed by atoms with Crippen LogP contribution in [0.2, 0.25) is 0 Å². The standard InChI is InChI=1S/C21H23BrN4/c1-2-17(10-15-6-4-3-5-7-15)21-24-20(18-11-19(22)13-23-12-18)25-26(21)14-16-8-9-16/h3-7,11-13,16-17H,2,8-10,14H2,1H3. The highest BCUT2D eigenvalue weighted by Crippen LogP contribution is 2.33. The van der Waals surface area contributed by atoms with E-state index in [-0.39, 0.29) is 0 Å². The molecule has 134 valence electrons. The number of benzene rings is 1. The Morgan fingerprint density at radius 3 is 2.69 bits per heavy atom. The van der Waals surface area contributed by atoms with Crippen LogP contribution in [0.3, 0.4) is 0 Å². The lowest BCUT2D eigenvalue weighted by atomic mass is 9.96. The third-order valence-corrected chi connectivity index (χ3v) is 5.41. The fourth-order valence-electron chi connectivity index (χ4n) is 3.31. The van der Waals surface area contributed by atoms with Crippen molar-refractivity contribution < 1.29 is 0 Å². The third kappa shape index (κ3) is 4.04. The van der Waals surface area contributed by atoms with E-state index in [4.69, 9.17) is 10.1 Å². The smallest absolute Gasteiger partial charge is 0.182 e. The Balaban J connectivity index is 1.68. The summed E-state index contributed by atoms with van der Waals surface area (Å²) in [7, 11) is 0. The van der Waals surface area contributed by atoms with Crippen LogP contribution in [-0.4, -0.2) is 19.7 Å². The summed E-state index contributed by atoms with van der Waals surface area (Å²) in [6.07, 6.45) is 8.29. The molecule has 1 aliphatic rings. The number of hydrogen-bond donors (Lipinski definition) is 0. The number of pyridine rings is 1. The van der Waals surface area contributed by atoms with Gasteiger partial charge in [0.25, 0.3) is 0 Å². The molecule has 0 bridgehead atoms. The molecule has 0 saturated heterocycles. The van der Waals surface area contributed by atoms with Gasteiger partial charge in [-0.3, -0.25) is 4.98 Å². The van der Waals surface area contributed by atoms with Gasteiger partial charge in [0, 0.05) is 34.9 Å². The van der Waals surface area contributed by atoms with E-state index in [1.165, 1.54) is 18.4 Å². The van der Waals surface area contributed by atoms with Gasteiger partial charge in [-0.25, -0.2) is 9.67 Å². The van der Waals surface area contributed by atoms with Crippen LogP contribution in [0.25, 0.3) is 11.4 Å². The highest BCUT2D eigenvalue weighted by atomic mass is 79.9. The summed E-state index contributed by atoms with van der Waals surface area (Å²) in [4.78, 5) is 9.23. The van der Waals surface area contributed by atoms with Gasteiger partial charge in [-0.05, 0) is 59.2 Å². The van der Waals surface area contributed by atoms with E-state index in [9.17, 15) is 0 Å². The van der Waals surface area contributed by atoms with Crippen molar-refractivity contribution >= 4 is 15.9 Å². The number of rotatable bonds is 7. The maximum absolute atomic E-state index is 4.96. The van der Waals surface area contributed by atoms with E-state index in [2.05, 4.69) is 62.9 Å². The highest BCUT2D eigenvalue weighted by molar-refractivity contribution is 9.10. The van der Waals surface area contributed by atoms with Crippen LogP contribution < -0.4 is 0 Å². The Morgan fingerprint density at radius 1 is 1.19 bits per heavy atom. The quantitative estimate of drug-likeness (QED) is 0.534. The van der Waals surface area contributed by atoms with Crippen LogP contribution >= 0.6 is 15.9 Å². The Hall–Kier alpha value is -2.01. The summed E-state index contributed by atoms with van der Waals surface area (Å²) in [5, 5.41) is 4.86. The minimum atomic E-state index is 0.373. The van der Waals surface area contributed by atoms with Crippen molar-refractivity contribution in [3.05, 3.63) is 64.7 Å². The number of aromatic nitrogens is 4. The summed E-state index contributed by atoms with van der Waals surface area (Å²) >= 11 is 3.50. The van der Waals surface area contributed by atoms with E-state index in [0.29, 0.717) is 5.92 Å². The van der Waals surface area contributed by atoms with Crippen molar-refractivity contribution in [3.8, 4) is 11.4 Å². The fraction of sp³-hybridized carbons (Fsp3) is 0.381. The first kappa shape index (κ1) is 17.4. The molecule has 2 heterocycles. The van der Waals surface area contributed by atoms with Gasteiger partial charge in [0.05, 0.1) is 0 Å². The van der Waals surface area contributed by atoms with E-state index in [1.54, 1.807) is 6.20 Å². The molecule has 2 aromatic heterocycles. The number of halogens is 1. The lowest BCUT2D eigenvalue weighted by Crippen LogP contribution is -2.13. The molecule has 0 N–H and O–H groups in total. The van der Waals surface area contributed by atoms with Crippen molar-refractivity contribution in [2.45, 2.75) is 45.1 Å². The molecule has 3 aromatic rings. The predicted octanol–water partition coefficient (Wildman–Crippen LogP) is 5.25. The van der Waals surface area contributed by atoms with Gasteiger partial charge < -0.3 is 0 Å². The molecule has 26 heavy (non-hydrogen) atoms. The molecule has 1 aliphatic carbocycles. The zero-order valence-corrected chi connectivity index (χ0v) is 16.6. The van der Waals surface area contributed by atoms with Gasteiger partial charge in [-0.15, -0.1) is 0 Å². The fourth-order valence-corrected chi connectivity index (χ4v) is 3.67. The Bertz CT molecular complexity index is 871. The van der Waals surface area contributed by atoms with E-state index in [1.807, 2.05) is 12.3 Å². The summed E-state index contributed by atoms with van der Waals surface area (Å²) in [6.45, 7) is 3.22. The van der Waals surface area contributed by atoms with Crippen LogP contribution in [0.5, 0.6) is 0 Å². The summed E-state index contributed by atoms with van der Waals surface area (Å²) in [5.74, 6) is 3.02. The molecule has 0 amide bonds. The van der Waals surface area contributed by atoms with Gasteiger partial charge in [0.2, 0.25) is 0 Å². The molecule has 0 aliphatic heterocycles. The van der Waals surface area contributed by atoms with Crippen molar-refractivity contribution in [3.63, 3.8) is 0 Å². The second-order valence-electron chi connectivity index (χ2n) is 7.11. The first-order valence-electron chi connectivity index (χ1n) is 9.32. The van der Waals surface area contributed by atoms with E-state index >= 15 is 0 Å². The van der Waals surface area contributed by atoms with Crippen LogP contribution in [-0.2, 0) is 13.0 Å². The maximum atomic E-state index is 4.96. The molecule has 1 unspecified atom stereocenters. The maximum Gasteiger partial charge on any atom is 0.182 e. The molecule has 1 saturated carbocycles. The second-order valence-corrected chi connectivity index (χ2v) is 8.02. The van der Waals surface area contributed by atoms with Gasteiger partial charge >= 0.3 is 0 Å². The monoisotopic (exact) mass is 410 g/mol. The molecular weight excluding hydrogens is 388 g/mol. The first-order chi connectivity index (χ1) is 12.7. The molecule has 4 nitrogen and oxygen atoms in total. The Morgan fingerprint density at radius 2 is 2.00 bits per heavy atom. The molecule has 1 atom stereocenters. The lowest BCUT2D eigenvalue weighted by Gasteiger charge is -2.15. The Kier molecular flexibility index (Phi) is 5.16. The summed E-state index contributed by atoms with van der Waals surface area (Å²) in [5.41, 5.74) is 2.32. The topological polar surface area (TPSA) is 43.6 Å². The largest absolute Gasteiger partial charge is 0.263 e. The molecule has 5 heteroatoms. The van der Waals surface area contributed by atoms with Crippen molar-refractivity contribution in [1.82, 2.24) is 19.7 Å². The number of hydrogen-bond acceptors (Lipinski definition) is 3. The average molecular weight is 411 g/mol. The second kappa shape index (κ2) is 7.70. The third-order valence-electron chi connectivity index (χ3n) is 4.97. The molecule has 0 radical (unpaired) electrons. The van der Waals surface area contributed by atoms with Gasteiger partial charge in [-0.2, -0.15) is 5.10 Å². The molecule has 1 aromatic carbocycles. The summed E-state index contributed by atoms with van der Waals surface area (Å²) in [6, 6.07) is 12.7. The van der Waals surface area contributed by atoms with Gasteiger partial charge in [0.1, 0.15) is 5.82 Å². The molecule has 4 rings (SSSR count). The predicted molar refractivity (Wildman–Crippen MR) is 107 cm³/mol. The van der Waals surface area contributed by atoms with Crippen LogP contribution in [0.4, 0.5) is 0 Å². The Labute approximate surface area is 162 Å². The summed E-state index contributed by atoms with van der Waals surface area (Å²) < 4.78 is 3.11. The zero-order valence-electron chi connectivity index (χ0n) is 15.0. The van der Waals surface area contributed by atoms with E-state index < -0.39 is 0 Å². The van der Waals surface area contributed by atoms with Crippen molar-refractivity contribution in [2.24, 2.45) is 5.92 Å². The van der Waals surface area contributed by atoms with Crippen LogP contribution in [0, 0.1) is 5.92 Å². The number of nitrogens with zero attached hydrogens (tertiary/aromatic N) is 4. The van der Waals surface area contributed by atoms with E-state index in [0.717, 1.165) is 47.0 Å². The highest BCUT2D eigenvalue weighted by Gasteiger charge is 2.27. The molecule has 1 fully saturated rings. The van der Waals surface area contributed by atoms with Crippen molar-refractivity contribution in [2.75, 3.05) is 0 Å². The minimum Gasteiger partial charge on any atom is -0.263 e. The van der Waals surface area contributed by atoms with Crippen LogP contribution in [0.1, 0.15) is 43.5 Å². The molecule has 0 spiro atoms. The zero-order chi connectivity index (χ0) is 17.9. The minimum absolute atomic E-state index is 0.373. The van der Waals surface area contributed by atoms with Crippen LogP contribution in [0.15, 0.2) is 53.3 Å². The van der Waals surface area contributed by atoms with Crippen molar-refractivity contribution in [1.29, 1.82) is 0 Å².